The van der Waals surface area contributed by atoms with Crippen LogP contribution in [0.5, 0.6) is 0 Å². The molecule has 4 nitrogen and oxygen atoms in total. The Hall–Kier alpha value is -1.20. The van der Waals surface area contributed by atoms with Gasteiger partial charge in [-0.25, -0.2) is 8.42 Å². The summed E-state index contributed by atoms with van der Waals surface area (Å²) in [7, 11) is -0.907. The van der Waals surface area contributed by atoms with Crippen molar-refractivity contribution in [3.63, 3.8) is 0 Å². The summed E-state index contributed by atoms with van der Waals surface area (Å²) in [6.07, 6.45) is 0.697. The van der Waals surface area contributed by atoms with Crippen molar-refractivity contribution in [1.82, 2.24) is 4.90 Å². The molecule has 1 unspecified atom stereocenters. The quantitative estimate of drug-likeness (QED) is 0.799. The van der Waals surface area contributed by atoms with E-state index in [1.165, 1.54) is 0 Å². The van der Waals surface area contributed by atoms with Crippen LogP contribution in [0.3, 0.4) is 0 Å². The minimum Gasteiger partial charge on any atom is -0.298 e. The van der Waals surface area contributed by atoms with Gasteiger partial charge >= 0.3 is 0 Å². The van der Waals surface area contributed by atoms with Crippen LogP contribution in [0.1, 0.15) is 46.0 Å². The number of ketones is 1. The van der Waals surface area contributed by atoms with Crippen molar-refractivity contribution in [2.45, 2.75) is 46.7 Å². The van der Waals surface area contributed by atoms with Gasteiger partial charge in [0, 0.05) is 18.2 Å². The van der Waals surface area contributed by atoms with Gasteiger partial charge in [0.25, 0.3) is 0 Å². The maximum absolute atomic E-state index is 11.9. The molecule has 0 spiro atoms. The molecule has 1 aromatic rings. The van der Waals surface area contributed by atoms with Gasteiger partial charge in [-0.1, -0.05) is 6.07 Å². The second kappa shape index (κ2) is 6.13. The monoisotopic (exact) mass is 323 g/mol. The minimum atomic E-state index is -2.88. The van der Waals surface area contributed by atoms with Crippen LogP contribution in [0.4, 0.5) is 0 Å². The van der Waals surface area contributed by atoms with E-state index in [4.69, 9.17) is 0 Å². The molecule has 0 aliphatic carbocycles. The SMILES string of the molecule is CC(=O)c1c(C)cc(C)c(CN(C)C2CCS(=O)(=O)C2)c1C. The summed E-state index contributed by atoms with van der Waals surface area (Å²) >= 11 is 0. The van der Waals surface area contributed by atoms with Gasteiger partial charge in [-0.3, -0.25) is 9.69 Å². The highest BCUT2D eigenvalue weighted by Gasteiger charge is 2.31. The molecule has 1 atom stereocenters. The largest absolute Gasteiger partial charge is 0.298 e. The summed E-state index contributed by atoms with van der Waals surface area (Å²) < 4.78 is 23.3. The number of carbonyl (C=O) groups excluding carboxylic acids is 1. The first-order valence-electron chi connectivity index (χ1n) is 7.63. The van der Waals surface area contributed by atoms with Crippen molar-refractivity contribution >= 4 is 15.6 Å². The summed E-state index contributed by atoms with van der Waals surface area (Å²) in [4.78, 5) is 14.0. The Kier molecular flexibility index (Phi) is 4.78. The average molecular weight is 323 g/mol. The number of carbonyl (C=O) groups is 1. The third-order valence-electron chi connectivity index (χ3n) is 4.72. The second-order valence-electron chi connectivity index (χ2n) is 6.52. The van der Waals surface area contributed by atoms with Crippen LogP contribution in [-0.2, 0) is 16.4 Å². The molecule has 1 saturated heterocycles. The number of Topliss-reactive ketones (excluding diaryl/α,β-unsaturated/α-hetero) is 1. The molecule has 0 bridgehead atoms. The topological polar surface area (TPSA) is 54.5 Å². The second-order valence-corrected chi connectivity index (χ2v) is 8.75. The van der Waals surface area contributed by atoms with Gasteiger partial charge in [0.2, 0.25) is 0 Å². The van der Waals surface area contributed by atoms with Gasteiger partial charge in [0.1, 0.15) is 0 Å². The Balaban J connectivity index is 2.30. The van der Waals surface area contributed by atoms with Gasteiger partial charge in [-0.15, -0.1) is 0 Å². The van der Waals surface area contributed by atoms with E-state index in [-0.39, 0.29) is 23.3 Å². The van der Waals surface area contributed by atoms with E-state index >= 15 is 0 Å². The fourth-order valence-electron chi connectivity index (χ4n) is 3.51. The highest BCUT2D eigenvalue weighted by Crippen LogP contribution is 2.26. The van der Waals surface area contributed by atoms with Gasteiger partial charge in [-0.05, 0) is 63.4 Å². The van der Waals surface area contributed by atoms with Crippen molar-refractivity contribution in [2.75, 3.05) is 18.6 Å². The maximum Gasteiger partial charge on any atom is 0.160 e. The van der Waals surface area contributed by atoms with Crippen molar-refractivity contribution in [3.8, 4) is 0 Å². The van der Waals surface area contributed by atoms with E-state index in [0.29, 0.717) is 13.0 Å². The van der Waals surface area contributed by atoms with E-state index in [1.807, 2.05) is 20.9 Å². The van der Waals surface area contributed by atoms with Crippen LogP contribution < -0.4 is 0 Å². The van der Waals surface area contributed by atoms with E-state index < -0.39 is 9.84 Å². The molecule has 0 N–H and O–H groups in total. The number of hydrogen-bond acceptors (Lipinski definition) is 4. The molecule has 1 heterocycles. The van der Waals surface area contributed by atoms with E-state index in [0.717, 1.165) is 27.8 Å². The molecular formula is C17H25NO3S. The average Bonchev–Trinajstić information content (AvgIpc) is 2.74. The molecule has 1 aliphatic rings. The Labute approximate surface area is 133 Å². The van der Waals surface area contributed by atoms with Crippen molar-refractivity contribution < 1.29 is 13.2 Å². The third kappa shape index (κ3) is 3.41. The minimum absolute atomic E-state index is 0.0749. The van der Waals surface area contributed by atoms with Crippen molar-refractivity contribution in [1.29, 1.82) is 0 Å². The normalized spacial score (nSPS) is 20.5. The number of rotatable bonds is 4. The lowest BCUT2D eigenvalue weighted by Gasteiger charge is -2.26. The molecule has 2 rings (SSSR count). The Morgan fingerprint density at radius 1 is 1.27 bits per heavy atom. The molecule has 122 valence electrons. The number of benzene rings is 1. The summed E-state index contributed by atoms with van der Waals surface area (Å²) in [5.74, 6) is 0.613. The van der Waals surface area contributed by atoms with E-state index in [2.05, 4.69) is 17.9 Å². The standard InChI is InChI=1S/C17H25NO3S/c1-11-8-12(2)17(14(4)19)13(3)16(11)9-18(5)15-6-7-22(20,21)10-15/h8,15H,6-7,9-10H2,1-5H3. The number of hydrogen-bond donors (Lipinski definition) is 0. The highest BCUT2D eigenvalue weighted by atomic mass is 32.2. The Bertz CT molecular complexity index is 707. The number of nitrogens with zero attached hydrogens (tertiary/aromatic N) is 1. The molecule has 0 aromatic heterocycles. The highest BCUT2D eigenvalue weighted by molar-refractivity contribution is 7.91. The molecule has 0 amide bonds. The summed E-state index contributed by atoms with van der Waals surface area (Å²) in [6.45, 7) is 8.29. The third-order valence-corrected chi connectivity index (χ3v) is 6.47. The fraction of sp³-hybridized carbons (Fsp3) is 0.588. The van der Waals surface area contributed by atoms with Crippen LogP contribution >= 0.6 is 0 Å². The molecule has 1 aromatic carbocycles. The predicted molar refractivity (Wildman–Crippen MR) is 89.2 cm³/mol. The summed E-state index contributed by atoms with van der Waals surface area (Å²) in [5.41, 5.74) is 5.14. The molecule has 1 aliphatic heterocycles. The molecule has 0 saturated carbocycles. The zero-order chi connectivity index (χ0) is 16.7. The van der Waals surface area contributed by atoms with E-state index in [9.17, 15) is 13.2 Å². The van der Waals surface area contributed by atoms with Gasteiger partial charge < -0.3 is 0 Å². The molecule has 1 fully saturated rings. The Morgan fingerprint density at radius 2 is 1.91 bits per heavy atom. The summed E-state index contributed by atoms with van der Waals surface area (Å²) in [6, 6.07) is 2.13. The Morgan fingerprint density at radius 3 is 2.41 bits per heavy atom. The van der Waals surface area contributed by atoms with Crippen molar-refractivity contribution in [3.05, 3.63) is 33.9 Å². The molecule has 5 heteroatoms. The van der Waals surface area contributed by atoms with Crippen LogP contribution in [0.25, 0.3) is 0 Å². The van der Waals surface area contributed by atoms with Crippen LogP contribution in [0.2, 0.25) is 0 Å². The lowest BCUT2D eigenvalue weighted by Crippen LogP contribution is -2.32. The molecule has 0 radical (unpaired) electrons. The first-order chi connectivity index (χ1) is 10.1. The first kappa shape index (κ1) is 17.2. The zero-order valence-electron chi connectivity index (χ0n) is 14.1. The fourth-order valence-corrected chi connectivity index (χ4v) is 5.32. The van der Waals surface area contributed by atoms with Crippen LogP contribution in [-0.4, -0.2) is 43.7 Å². The first-order valence-corrected chi connectivity index (χ1v) is 9.46. The van der Waals surface area contributed by atoms with Gasteiger partial charge in [-0.2, -0.15) is 0 Å². The van der Waals surface area contributed by atoms with Crippen molar-refractivity contribution in [2.24, 2.45) is 0 Å². The van der Waals surface area contributed by atoms with Crippen LogP contribution in [0, 0.1) is 20.8 Å². The maximum atomic E-state index is 11.9. The van der Waals surface area contributed by atoms with Crippen LogP contribution in [0.15, 0.2) is 6.07 Å². The van der Waals surface area contributed by atoms with E-state index in [1.54, 1.807) is 6.92 Å². The number of sulfone groups is 1. The van der Waals surface area contributed by atoms with Gasteiger partial charge in [0.15, 0.2) is 15.6 Å². The number of aryl methyl sites for hydroxylation is 2. The molecule has 22 heavy (non-hydrogen) atoms. The summed E-state index contributed by atoms with van der Waals surface area (Å²) in [5, 5.41) is 0. The predicted octanol–water partition coefficient (Wildman–Crippen LogP) is 2.43. The lowest BCUT2D eigenvalue weighted by atomic mass is 9.91. The molecular weight excluding hydrogens is 298 g/mol. The smallest absolute Gasteiger partial charge is 0.160 e. The van der Waals surface area contributed by atoms with Gasteiger partial charge in [0.05, 0.1) is 11.5 Å². The lowest BCUT2D eigenvalue weighted by molar-refractivity contribution is 0.101. The zero-order valence-corrected chi connectivity index (χ0v) is 14.9.